The fourth-order valence-corrected chi connectivity index (χ4v) is 1.75. The van der Waals surface area contributed by atoms with E-state index in [4.69, 9.17) is 9.84 Å². The summed E-state index contributed by atoms with van der Waals surface area (Å²) in [5, 5.41) is 8.74. The molecule has 0 spiro atoms. The zero-order valence-electron chi connectivity index (χ0n) is 8.24. The largest absolute Gasteiger partial charge is 0.494 e. The Balaban J connectivity index is 2.18. The maximum absolute atomic E-state index is 13.3. The highest BCUT2D eigenvalue weighted by molar-refractivity contribution is 5.75. The smallest absolute Gasteiger partial charge is 0.307 e. The van der Waals surface area contributed by atoms with Crippen molar-refractivity contribution in [1.82, 2.24) is 0 Å². The van der Waals surface area contributed by atoms with Gasteiger partial charge in [-0.05, 0) is 30.0 Å². The van der Waals surface area contributed by atoms with Crippen LogP contribution in [0.5, 0.6) is 5.75 Å². The van der Waals surface area contributed by atoms with Crippen molar-refractivity contribution in [2.45, 2.75) is 12.3 Å². The predicted octanol–water partition coefficient (Wildman–Crippen LogP) is 2.02. The van der Waals surface area contributed by atoms with E-state index in [-0.39, 0.29) is 17.6 Å². The van der Waals surface area contributed by atoms with Crippen LogP contribution in [0.15, 0.2) is 18.2 Å². The molecular formula is C11H11FO3. The van der Waals surface area contributed by atoms with E-state index in [1.54, 1.807) is 6.07 Å². The average molecular weight is 210 g/mol. The first-order valence-electron chi connectivity index (χ1n) is 4.69. The maximum atomic E-state index is 13.3. The molecule has 15 heavy (non-hydrogen) atoms. The summed E-state index contributed by atoms with van der Waals surface area (Å²) in [6.45, 7) is 0. The standard InChI is InChI=1S/C11H11FO3/c1-15-10-3-2-6(4-9(10)12)7-5-8(7)11(13)14/h2-4,7-8H,5H2,1H3,(H,13,14). The molecule has 3 nitrogen and oxygen atoms in total. The van der Waals surface area contributed by atoms with E-state index in [1.807, 2.05) is 0 Å². The van der Waals surface area contributed by atoms with Crippen LogP contribution in [0.1, 0.15) is 17.9 Å². The number of carbonyl (C=O) groups is 1. The van der Waals surface area contributed by atoms with Gasteiger partial charge in [0.05, 0.1) is 13.0 Å². The molecular weight excluding hydrogens is 199 g/mol. The summed E-state index contributed by atoms with van der Waals surface area (Å²) in [4.78, 5) is 10.6. The second-order valence-electron chi connectivity index (χ2n) is 3.68. The summed E-state index contributed by atoms with van der Waals surface area (Å²) < 4.78 is 18.1. The Morgan fingerprint density at radius 2 is 2.33 bits per heavy atom. The van der Waals surface area contributed by atoms with Gasteiger partial charge in [0.2, 0.25) is 0 Å². The van der Waals surface area contributed by atoms with Gasteiger partial charge in [-0.1, -0.05) is 6.07 Å². The van der Waals surface area contributed by atoms with E-state index in [9.17, 15) is 9.18 Å². The molecule has 2 unspecified atom stereocenters. The number of ether oxygens (including phenoxy) is 1. The average Bonchev–Trinajstić information content (AvgIpc) is 2.97. The van der Waals surface area contributed by atoms with E-state index in [2.05, 4.69) is 0 Å². The minimum Gasteiger partial charge on any atom is -0.494 e. The lowest BCUT2D eigenvalue weighted by molar-refractivity contribution is -0.138. The molecule has 0 radical (unpaired) electrons. The number of carboxylic acids is 1. The molecule has 0 bridgehead atoms. The summed E-state index contributed by atoms with van der Waals surface area (Å²) in [6, 6.07) is 4.60. The normalized spacial score (nSPS) is 23.6. The van der Waals surface area contributed by atoms with Crippen LogP contribution < -0.4 is 4.74 Å². The summed E-state index contributed by atoms with van der Waals surface area (Å²) >= 11 is 0. The molecule has 1 saturated carbocycles. The van der Waals surface area contributed by atoms with Crippen LogP contribution in [0.3, 0.4) is 0 Å². The van der Waals surface area contributed by atoms with Crippen molar-refractivity contribution in [2.75, 3.05) is 7.11 Å². The van der Waals surface area contributed by atoms with Crippen molar-refractivity contribution in [3.8, 4) is 5.75 Å². The first-order valence-corrected chi connectivity index (χ1v) is 4.69. The summed E-state index contributed by atoms with van der Waals surface area (Å²) in [6.07, 6.45) is 0.598. The van der Waals surface area contributed by atoms with Crippen LogP contribution in [0.2, 0.25) is 0 Å². The van der Waals surface area contributed by atoms with Gasteiger partial charge >= 0.3 is 5.97 Å². The molecule has 1 fully saturated rings. The molecule has 1 N–H and O–H groups in total. The van der Waals surface area contributed by atoms with Crippen molar-refractivity contribution in [3.05, 3.63) is 29.6 Å². The second-order valence-corrected chi connectivity index (χ2v) is 3.68. The molecule has 4 heteroatoms. The number of hydrogen-bond donors (Lipinski definition) is 1. The summed E-state index contributed by atoms with van der Waals surface area (Å²) in [5.41, 5.74) is 0.737. The minimum absolute atomic E-state index is 0.0390. The third kappa shape index (κ3) is 1.79. The quantitative estimate of drug-likeness (QED) is 0.830. The van der Waals surface area contributed by atoms with Crippen molar-refractivity contribution >= 4 is 5.97 Å². The lowest BCUT2D eigenvalue weighted by Crippen LogP contribution is -1.99. The molecule has 0 aromatic heterocycles. The zero-order valence-corrected chi connectivity index (χ0v) is 8.24. The molecule has 1 aromatic rings. The molecule has 0 heterocycles. The van der Waals surface area contributed by atoms with Gasteiger partial charge in [-0.15, -0.1) is 0 Å². The molecule has 80 valence electrons. The maximum Gasteiger partial charge on any atom is 0.307 e. The Bertz CT molecular complexity index is 403. The Morgan fingerprint density at radius 1 is 1.60 bits per heavy atom. The topological polar surface area (TPSA) is 46.5 Å². The van der Waals surface area contributed by atoms with Crippen LogP contribution >= 0.6 is 0 Å². The number of benzene rings is 1. The Kier molecular flexibility index (Phi) is 2.34. The van der Waals surface area contributed by atoms with Crippen LogP contribution in [0, 0.1) is 11.7 Å². The molecule has 1 aliphatic carbocycles. The Labute approximate surface area is 86.5 Å². The van der Waals surface area contributed by atoms with E-state index >= 15 is 0 Å². The van der Waals surface area contributed by atoms with Crippen LogP contribution in [0.25, 0.3) is 0 Å². The van der Waals surface area contributed by atoms with Gasteiger partial charge in [0.25, 0.3) is 0 Å². The van der Waals surface area contributed by atoms with E-state index < -0.39 is 11.8 Å². The number of hydrogen-bond acceptors (Lipinski definition) is 2. The molecule has 1 aliphatic rings. The van der Waals surface area contributed by atoms with Gasteiger partial charge in [-0.3, -0.25) is 4.79 Å². The molecule has 0 amide bonds. The zero-order chi connectivity index (χ0) is 11.0. The fourth-order valence-electron chi connectivity index (χ4n) is 1.75. The van der Waals surface area contributed by atoms with Gasteiger partial charge in [-0.25, -0.2) is 4.39 Å². The molecule has 2 rings (SSSR count). The van der Waals surface area contributed by atoms with Crippen molar-refractivity contribution < 1.29 is 19.0 Å². The summed E-state index contributed by atoms with van der Waals surface area (Å²) in [5.74, 6) is -1.45. The predicted molar refractivity (Wildman–Crippen MR) is 51.4 cm³/mol. The van der Waals surface area contributed by atoms with Gasteiger partial charge in [0.1, 0.15) is 0 Å². The number of aliphatic carboxylic acids is 1. The highest BCUT2D eigenvalue weighted by atomic mass is 19.1. The monoisotopic (exact) mass is 210 g/mol. The Hall–Kier alpha value is -1.58. The fraction of sp³-hybridized carbons (Fsp3) is 0.364. The highest BCUT2D eigenvalue weighted by Crippen LogP contribution is 2.48. The third-order valence-corrected chi connectivity index (χ3v) is 2.71. The van der Waals surface area contributed by atoms with E-state index in [0.29, 0.717) is 6.42 Å². The summed E-state index contributed by atoms with van der Waals surface area (Å²) in [7, 11) is 1.40. The molecule has 0 aliphatic heterocycles. The SMILES string of the molecule is COc1ccc(C2CC2C(=O)O)cc1F. The third-order valence-electron chi connectivity index (χ3n) is 2.71. The van der Waals surface area contributed by atoms with Crippen LogP contribution in [-0.4, -0.2) is 18.2 Å². The first-order chi connectivity index (χ1) is 7.13. The number of carboxylic acid groups (broad SMARTS) is 1. The Morgan fingerprint density at radius 3 is 2.80 bits per heavy atom. The van der Waals surface area contributed by atoms with Crippen molar-refractivity contribution in [2.24, 2.45) is 5.92 Å². The van der Waals surface area contributed by atoms with Crippen molar-refractivity contribution in [3.63, 3.8) is 0 Å². The second kappa shape index (κ2) is 3.53. The number of halogens is 1. The lowest BCUT2D eigenvalue weighted by atomic mass is 10.1. The molecule has 1 aromatic carbocycles. The van der Waals surface area contributed by atoms with Gasteiger partial charge in [0.15, 0.2) is 11.6 Å². The minimum atomic E-state index is -0.809. The van der Waals surface area contributed by atoms with Crippen molar-refractivity contribution in [1.29, 1.82) is 0 Å². The number of rotatable bonds is 3. The van der Waals surface area contributed by atoms with Crippen LogP contribution in [-0.2, 0) is 4.79 Å². The van der Waals surface area contributed by atoms with Gasteiger partial charge in [-0.2, -0.15) is 0 Å². The first kappa shape index (κ1) is 9.96. The van der Waals surface area contributed by atoms with E-state index in [1.165, 1.54) is 19.2 Å². The molecule has 0 saturated heterocycles. The van der Waals surface area contributed by atoms with Gasteiger partial charge in [0, 0.05) is 0 Å². The number of methoxy groups -OCH3 is 1. The highest BCUT2D eigenvalue weighted by Gasteiger charge is 2.44. The van der Waals surface area contributed by atoms with Gasteiger partial charge < -0.3 is 9.84 Å². The van der Waals surface area contributed by atoms with E-state index in [0.717, 1.165) is 5.56 Å². The molecule has 2 atom stereocenters. The lowest BCUT2D eigenvalue weighted by Gasteiger charge is -2.03. The van der Waals surface area contributed by atoms with Crippen LogP contribution in [0.4, 0.5) is 4.39 Å².